The van der Waals surface area contributed by atoms with Crippen LogP contribution in [0.3, 0.4) is 0 Å². The lowest BCUT2D eigenvalue weighted by Crippen LogP contribution is -2.50. The van der Waals surface area contributed by atoms with Crippen LogP contribution in [0.15, 0.2) is 18.2 Å². The summed E-state index contributed by atoms with van der Waals surface area (Å²) < 4.78 is 0. The van der Waals surface area contributed by atoms with E-state index in [4.69, 9.17) is 0 Å². The van der Waals surface area contributed by atoms with E-state index in [0.717, 1.165) is 44.9 Å². The van der Waals surface area contributed by atoms with E-state index in [2.05, 4.69) is 47.2 Å². The lowest BCUT2D eigenvalue weighted by Gasteiger charge is -2.40. The van der Waals surface area contributed by atoms with E-state index in [0.29, 0.717) is 12.1 Å². The zero-order valence-electron chi connectivity index (χ0n) is 17.8. The van der Waals surface area contributed by atoms with E-state index in [1.165, 1.54) is 42.6 Å². The van der Waals surface area contributed by atoms with Crippen LogP contribution in [-0.2, 0) is 0 Å². The predicted molar refractivity (Wildman–Crippen MR) is 115 cm³/mol. The molecular weight excluding hydrogens is 348 g/mol. The van der Waals surface area contributed by atoms with Crippen molar-refractivity contribution in [3.8, 4) is 0 Å². The molecule has 2 amide bonds. The van der Waals surface area contributed by atoms with Crippen molar-refractivity contribution < 1.29 is 4.79 Å². The molecule has 0 unspecified atom stereocenters. The average Bonchev–Trinajstić information content (AvgIpc) is 3.50. The Morgan fingerprint density at radius 3 is 2.54 bits per heavy atom. The highest BCUT2D eigenvalue weighted by Crippen LogP contribution is 2.32. The number of nitrogens with zero attached hydrogens (tertiary/aromatic N) is 3. The Bertz CT molecular complexity index is 688. The second kappa shape index (κ2) is 8.32. The molecule has 0 aromatic heterocycles. The molecule has 28 heavy (non-hydrogen) atoms. The minimum Gasteiger partial charge on any atom is -0.369 e. The van der Waals surface area contributed by atoms with Gasteiger partial charge in [0.1, 0.15) is 0 Å². The number of piperazine rings is 1. The van der Waals surface area contributed by atoms with Gasteiger partial charge in [0.15, 0.2) is 0 Å². The van der Waals surface area contributed by atoms with Gasteiger partial charge in [0.25, 0.3) is 0 Å². The third-order valence-electron chi connectivity index (χ3n) is 7.12. The maximum absolute atomic E-state index is 12.1. The number of amides is 2. The lowest BCUT2D eigenvalue weighted by atomic mass is 9.78. The normalized spacial score (nSPS) is 25.3. The largest absolute Gasteiger partial charge is 0.369 e. The van der Waals surface area contributed by atoms with Crippen LogP contribution in [-0.4, -0.2) is 67.7 Å². The van der Waals surface area contributed by atoms with E-state index in [-0.39, 0.29) is 6.03 Å². The highest BCUT2D eigenvalue weighted by Gasteiger charge is 2.34. The van der Waals surface area contributed by atoms with Gasteiger partial charge in [-0.3, -0.25) is 4.90 Å². The number of urea groups is 1. The van der Waals surface area contributed by atoms with Crippen molar-refractivity contribution in [2.75, 3.05) is 44.7 Å². The molecule has 4 rings (SSSR count). The van der Waals surface area contributed by atoms with Crippen LogP contribution < -0.4 is 10.2 Å². The van der Waals surface area contributed by atoms with Crippen molar-refractivity contribution >= 4 is 11.7 Å². The highest BCUT2D eigenvalue weighted by atomic mass is 16.2. The van der Waals surface area contributed by atoms with Crippen molar-refractivity contribution in [3.05, 3.63) is 29.3 Å². The first kappa shape index (κ1) is 19.6. The van der Waals surface area contributed by atoms with Crippen LogP contribution in [0.25, 0.3) is 0 Å². The number of carbonyl (C=O) groups is 1. The number of hydrogen-bond acceptors (Lipinski definition) is 3. The van der Waals surface area contributed by atoms with Crippen LogP contribution in [0.5, 0.6) is 0 Å². The zero-order chi connectivity index (χ0) is 19.7. The summed E-state index contributed by atoms with van der Waals surface area (Å²) >= 11 is 0. The van der Waals surface area contributed by atoms with Gasteiger partial charge in [-0.1, -0.05) is 12.1 Å². The van der Waals surface area contributed by atoms with E-state index < -0.39 is 0 Å². The second-order valence-electron chi connectivity index (χ2n) is 9.16. The number of aryl methyl sites for hydroxylation is 1. The molecule has 154 valence electrons. The van der Waals surface area contributed by atoms with Gasteiger partial charge in [-0.15, -0.1) is 0 Å². The fourth-order valence-electron chi connectivity index (χ4n) is 4.65. The summed E-state index contributed by atoms with van der Waals surface area (Å²) in [4.78, 5) is 19.2. The molecule has 0 radical (unpaired) electrons. The third kappa shape index (κ3) is 4.45. The van der Waals surface area contributed by atoms with Crippen LogP contribution in [0.1, 0.15) is 43.2 Å². The molecule has 1 aliphatic heterocycles. The van der Waals surface area contributed by atoms with E-state index in [1.807, 2.05) is 11.9 Å². The monoisotopic (exact) mass is 384 g/mol. The van der Waals surface area contributed by atoms with E-state index in [9.17, 15) is 4.79 Å². The number of anilines is 1. The Morgan fingerprint density at radius 1 is 1.14 bits per heavy atom. The van der Waals surface area contributed by atoms with Crippen molar-refractivity contribution in [1.29, 1.82) is 0 Å². The Labute approximate surface area is 170 Å². The van der Waals surface area contributed by atoms with Gasteiger partial charge in [0.2, 0.25) is 0 Å². The first-order chi connectivity index (χ1) is 13.5. The molecule has 1 saturated heterocycles. The molecule has 0 bridgehead atoms. The first-order valence-corrected chi connectivity index (χ1v) is 11.1. The van der Waals surface area contributed by atoms with Crippen LogP contribution in [0, 0.1) is 19.8 Å². The third-order valence-corrected chi connectivity index (χ3v) is 7.12. The number of hydrogen-bond donors (Lipinski definition) is 1. The topological polar surface area (TPSA) is 38.8 Å². The fraction of sp³-hybridized carbons (Fsp3) is 0.696. The Morgan fingerprint density at radius 2 is 1.86 bits per heavy atom. The fourth-order valence-corrected chi connectivity index (χ4v) is 4.65. The molecule has 0 atom stereocenters. The summed E-state index contributed by atoms with van der Waals surface area (Å²) in [5, 5.41) is 3.21. The molecular formula is C23H36N4O. The summed E-state index contributed by atoms with van der Waals surface area (Å²) in [5.41, 5.74) is 4.22. The first-order valence-electron chi connectivity index (χ1n) is 11.1. The summed E-state index contributed by atoms with van der Waals surface area (Å²) in [6.45, 7) is 10.2. The van der Waals surface area contributed by atoms with Gasteiger partial charge >= 0.3 is 6.03 Å². The van der Waals surface area contributed by atoms with Gasteiger partial charge in [-0.2, -0.15) is 0 Å². The number of rotatable bonds is 6. The average molecular weight is 385 g/mol. The molecule has 1 N–H and O–H groups in total. The molecule has 5 nitrogen and oxygen atoms in total. The summed E-state index contributed by atoms with van der Waals surface area (Å²) in [5.74, 6) is 0.786. The molecule has 2 aliphatic carbocycles. The molecule has 1 aromatic rings. The summed E-state index contributed by atoms with van der Waals surface area (Å²) in [6.07, 6.45) is 5.94. The SMILES string of the molecule is Cc1cccc(N2CCN(CCC3CC(NC(=O)N(C)C4CC4)C3)CC2)c1C. The highest BCUT2D eigenvalue weighted by molar-refractivity contribution is 5.75. The van der Waals surface area contributed by atoms with Crippen molar-refractivity contribution in [2.45, 2.75) is 58.0 Å². The van der Waals surface area contributed by atoms with Crippen molar-refractivity contribution in [2.24, 2.45) is 5.92 Å². The summed E-state index contributed by atoms with van der Waals surface area (Å²) in [7, 11) is 1.93. The minimum atomic E-state index is 0.133. The number of carbonyl (C=O) groups excluding carboxylic acids is 1. The molecule has 1 heterocycles. The standard InChI is InChI=1S/C23H36N4O/c1-17-5-4-6-22(18(17)2)27-13-11-26(12-14-27)10-9-19-15-20(16-19)24-23(28)25(3)21-7-8-21/h4-6,19-21H,7-16H2,1-3H3,(H,24,28). The number of benzene rings is 1. The molecule has 0 spiro atoms. The minimum absolute atomic E-state index is 0.133. The smallest absolute Gasteiger partial charge is 0.317 e. The quantitative estimate of drug-likeness (QED) is 0.817. The zero-order valence-corrected chi connectivity index (χ0v) is 17.8. The van der Waals surface area contributed by atoms with E-state index in [1.54, 1.807) is 0 Å². The van der Waals surface area contributed by atoms with Crippen LogP contribution >= 0.6 is 0 Å². The summed E-state index contributed by atoms with van der Waals surface area (Å²) in [6, 6.07) is 7.68. The second-order valence-corrected chi connectivity index (χ2v) is 9.16. The lowest BCUT2D eigenvalue weighted by molar-refractivity contribution is 0.158. The predicted octanol–water partition coefficient (Wildman–Crippen LogP) is 3.40. The van der Waals surface area contributed by atoms with Gasteiger partial charge in [-0.25, -0.2) is 4.79 Å². The molecule has 1 aromatic carbocycles. The molecule has 3 aliphatic rings. The van der Waals surface area contributed by atoms with Gasteiger partial charge in [0.05, 0.1) is 0 Å². The van der Waals surface area contributed by atoms with Gasteiger partial charge in [-0.05, 0) is 75.6 Å². The molecule has 3 fully saturated rings. The van der Waals surface area contributed by atoms with Crippen LogP contribution in [0.4, 0.5) is 10.5 Å². The van der Waals surface area contributed by atoms with Gasteiger partial charge < -0.3 is 15.1 Å². The van der Waals surface area contributed by atoms with Crippen molar-refractivity contribution in [3.63, 3.8) is 0 Å². The van der Waals surface area contributed by atoms with Crippen molar-refractivity contribution in [1.82, 2.24) is 15.1 Å². The van der Waals surface area contributed by atoms with Crippen LogP contribution in [0.2, 0.25) is 0 Å². The Balaban J connectivity index is 1.13. The van der Waals surface area contributed by atoms with Gasteiger partial charge in [0, 0.05) is 51.0 Å². The van der Waals surface area contributed by atoms with E-state index >= 15 is 0 Å². The Hall–Kier alpha value is -1.75. The molecule has 2 saturated carbocycles. The molecule has 5 heteroatoms. The maximum atomic E-state index is 12.1. The Kier molecular flexibility index (Phi) is 5.81. The maximum Gasteiger partial charge on any atom is 0.317 e. The number of nitrogens with one attached hydrogen (secondary N) is 1.